The Morgan fingerprint density at radius 2 is 2.06 bits per heavy atom. The maximum absolute atomic E-state index is 13.6. The van der Waals surface area contributed by atoms with Gasteiger partial charge in [-0.05, 0) is 44.0 Å². The van der Waals surface area contributed by atoms with Gasteiger partial charge in [-0.2, -0.15) is 5.26 Å². The lowest BCUT2D eigenvalue weighted by molar-refractivity contribution is 0.611. The lowest BCUT2D eigenvalue weighted by Crippen LogP contribution is -2.25. The molecule has 4 heteroatoms. The molecule has 0 aromatic heterocycles. The number of nitrogens with zero attached hydrogens (tertiary/aromatic N) is 2. The van der Waals surface area contributed by atoms with Crippen molar-refractivity contribution >= 4 is 5.69 Å². The van der Waals surface area contributed by atoms with Gasteiger partial charge >= 0.3 is 0 Å². The van der Waals surface area contributed by atoms with E-state index in [-0.39, 0.29) is 17.8 Å². The molecule has 0 bridgehead atoms. The third kappa shape index (κ3) is 3.21. The molecule has 0 aliphatic rings. The van der Waals surface area contributed by atoms with Crippen molar-refractivity contribution in [3.8, 4) is 6.07 Å². The van der Waals surface area contributed by atoms with Crippen molar-refractivity contribution in [1.29, 1.82) is 5.26 Å². The number of nitriles is 1. The Labute approximate surface area is 108 Å². The third-order valence-electron chi connectivity index (χ3n) is 2.98. The largest absolute Gasteiger partial charge is 0.373 e. The van der Waals surface area contributed by atoms with E-state index in [1.165, 1.54) is 6.07 Å². The van der Waals surface area contributed by atoms with Crippen LogP contribution >= 0.6 is 0 Å². The SMILES string of the molecule is Cc1cc(N(C)CC(C)C#N)c([C@@H](C)N)cc1F. The Morgan fingerprint density at radius 3 is 2.56 bits per heavy atom. The predicted octanol–water partition coefficient (Wildman–Crippen LogP) is 2.75. The van der Waals surface area contributed by atoms with E-state index in [9.17, 15) is 4.39 Å². The van der Waals surface area contributed by atoms with E-state index in [1.807, 2.05) is 25.8 Å². The Hall–Kier alpha value is -1.60. The van der Waals surface area contributed by atoms with Gasteiger partial charge < -0.3 is 10.6 Å². The Morgan fingerprint density at radius 1 is 1.44 bits per heavy atom. The normalized spacial score (nSPS) is 13.8. The number of halogens is 1. The highest BCUT2D eigenvalue weighted by molar-refractivity contribution is 5.56. The molecule has 0 aliphatic heterocycles. The minimum Gasteiger partial charge on any atom is -0.373 e. The van der Waals surface area contributed by atoms with E-state index < -0.39 is 0 Å². The summed E-state index contributed by atoms with van der Waals surface area (Å²) >= 11 is 0. The molecule has 0 radical (unpaired) electrons. The first-order chi connectivity index (χ1) is 8.36. The summed E-state index contributed by atoms with van der Waals surface area (Å²) in [6.07, 6.45) is 0. The third-order valence-corrected chi connectivity index (χ3v) is 2.98. The van der Waals surface area contributed by atoms with E-state index in [0.717, 1.165) is 11.3 Å². The fourth-order valence-electron chi connectivity index (χ4n) is 1.93. The fraction of sp³-hybridized carbons (Fsp3) is 0.500. The minimum atomic E-state index is -0.243. The second-order valence-electron chi connectivity index (χ2n) is 4.86. The molecule has 98 valence electrons. The first kappa shape index (κ1) is 14.5. The van der Waals surface area contributed by atoms with Crippen LogP contribution in [0.15, 0.2) is 12.1 Å². The van der Waals surface area contributed by atoms with E-state index >= 15 is 0 Å². The van der Waals surface area contributed by atoms with Crippen molar-refractivity contribution in [1.82, 2.24) is 0 Å². The summed E-state index contributed by atoms with van der Waals surface area (Å²) in [7, 11) is 1.90. The first-order valence-corrected chi connectivity index (χ1v) is 6.03. The minimum absolute atomic E-state index is 0.0821. The number of anilines is 1. The smallest absolute Gasteiger partial charge is 0.126 e. The summed E-state index contributed by atoms with van der Waals surface area (Å²) in [5.74, 6) is -0.325. The molecule has 3 nitrogen and oxygen atoms in total. The molecule has 1 unspecified atom stereocenters. The van der Waals surface area contributed by atoms with Crippen LogP contribution < -0.4 is 10.6 Å². The van der Waals surface area contributed by atoms with Crippen LogP contribution in [-0.4, -0.2) is 13.6 Å². The topological polar surface area (TPSA) is 53.0 Å². The standard InChI is InChI=1S/C14H20FN3/c1-9(7-16)8-18(4)14-5-10(2)13(15)6-12(14)11(3)17/h5-6,9,11H,8,17H2,1-4H3/t9?,11-/m1/s1. The summed E-state index contributed by atoms with van der Waals surface area (Å²) in [4.78, 5) is 1.96. The Balaban J connectivity index is 3.14. The highest BCUT2D eigenvalue weighted by Crippen LogP contribution is 2.28. The van der Waals surface area contributed by atoms with Crippen LogP contribution in [0, 0.1) is 30.0 Å². The quantitative estimate of drug-likeness (QED) is 0.892. The summed E-state index contributed by atoms with van der Waals surface area (Å²) in [6, 6.07) is 5.23. The molecular formula is C14H20FN3. The molecule has 18 heavy (non-hydrogen) atoms. The van der Waals surface area contributed by atoms with Gasteiger partial charge in [0.2, 0.25) is 0 Å². The molecule has 0 saturated carbocycles. The van der Waals surface area contributed by atoms with Crippen molar-refractivity contribution in [3.63, 3.8) is 0 Å². The molecule has 1 aromatic carbocycles. The van der Waals surface area contributed by atoms with Crippen LogP contribution in [0.4, 0.5) is 10.1 Å². The average molecular weight is 249 g/mol. The monoisotopic (exact) mass is 249 g/mol. The van der Waals surface area contributed by atoms with Gasteiger partial charge in [0.05, 0.1) is 12.0 Å². The van der Waals surface area contributed by atoms with Crippen LogP contribution in [-0.2, 0) is 0 Å². The number of aryl methyl sites for hydroxylation is 1. The summed E-state index contributed by atoms with van der Waals surface area (Å²) in [6.45, 7) is 6.01. The highest BCUT2D eigenvalue weighted by Gasteiger charge is 2.15. The molecular weight excluding hydrogens is 229 g/mol. The second-order valence-corrected chi connectivity index (χ2v) is 4.86. The van der Waals surface area contributed by atoms with E-state index in [2.05, 4.69) is 6.07 Å². The van der Waals surface area contributed by atoms with Crippen molar-refractivity contribution in [2.75, 3.05) is 18.5 Å². The van der Waals surface area contributed by atoms with Crippen LogP contribution in [0.3, 0.4) is 0 Å². The number of nitrogens with two attached hydrogens (primary N) is 1. The van der Waals surface area contributed by atoms with Crippen molar-refractivity contribution in [3.05, 3.63) is 29.1 Å². The predicted molar refractivity (Wildman–Crippen MR) is 71.8 cm³/mol. The summed E-state index contributed by atoms with van der Waals surface area (Å²) < 4.78 is 13.6. The molecule has 2 N–H and O–H groups in total. The summed E-state index contributed by atoms with van der Waals surface area (Å²) in [5.41, 5.74) is 8.13. The molecule has 0 fully saturated rings. The Bertz CT molecular complexity index is 463. The van der Waals surface area contributed by atoms with Crippen LogP contribution in [0.25, 0.3) is 0 Å². The zero-order valence-corrected chi connectivity index (χ0v) is 11.4. The molecule has 0 aliphatic carbocycles. The summed E-state index contributed by atoms with van der Waals surface area (Å²) in [5, 5.41) is 8.85. The van der Waals surface area contributed by atoms with E-state index in [4.69, 9.17) is 11.0 Å². The highest BCUT2D eigenvalue weighted by atomic mass is 19.1. The van der Waals surface area contributed by atoms with Gasteiger partial charge in [-0.1, -0.05) is 0 Å². The second kappa shape index (κ2) is 5.83. The van der Waals surface area contributed by atoms with E-state index in [0.29, 0.717) is 12.1 Å². The van der Waals surface area contributed by atoms with E-state index in [1.54, 1.807) is 13.0 Å². The van der Waals surface area contributed by atoms with Crippen LogP contribution in [0.2, 0.25) is 0 Å². The molecule has 2 atom stereocenters. The molecule has 0 heterocycles. The maximum atomic E-state index is 13.6. The van der Waals surface area contributed by atoms with Gasteiger partial charge in [-0.3, -0.25) is 0 Å². The molecule has 0 saturated heterocycles. The molecule has 1 aromatic rings. The van der Waals surface area contributed by atoms with Gasteiger partial charge in [0.25, 0.3) is 0 Å². The van der Waals surface area contributed by atoms with Gasteiger partial charge in [0, 0.05) is 25.3 Å². The first-order valence-electron chi connectivity index (χ1n) is 6.03. The van der Waals surface area contributed by atoms with Gasteiger partial charge in [-0.15, -0.1) is 0 Å². The average Bonchev–Trinajstić information content (AvgIpc) is 2.31. The molecule has 0 spiro atoms. The van der Waals surface area contributed by atoms with Gasteiger partial charge in [0.1, 0.15) is 5.82 Å². The van der Waals surface area contributed by atoms with Gasteiger partial charge in [-0.25, -0.2) is 4.39 Å². The van der Waals surface area contributed by atoms with Crippen molar-refractivity contribution < 1.29 is 4.39 Å². The van der Waals surface area contributed by atoms with Crippen molar-refractivity contribution in [2.24, 2.45) is 11.7 Å². The zero-order chi connectivity index (χ0) is 13.9. The zero-order valence-electron chi connectivity index (χ0n) is 11.4. The number of hydrogen-bond donors (Lipinski definition) is 1. The van der Waals surface area contributed by atoms with Crippen molar-refractivity contribution in [2.45, 2.75) is 26.8 Å². The molecule has 0 amide bonds. The maximum Gasteiger partial charge on any atom is 0.126 e. The lowest BCUT2D eigenvalue weighted by atomic mass is 10.0. The molecule has 1 rings (SSSR count). The lowest BCUT2D eigenvalue weighted by Gasteiger charge is -2.25. The van der Waals surface area contributed by atoms with Gasteiger partial charge in [0.15, 0.2) is 0 Å². The van der Waals surface area contributed by atoms with Crippen LogP contribution in [0.5, 0.6) is 0 Å². The van der Waals surface area contributed by atoms with Crippen LogP contribution in [0.1, 0.15) is 31.0 Å². The number of benzene rings is 1. The number of hydrogen-bond acceptors (Lipinski definition) is 3. The number of rotatable bonds is 4. The Kier molecular flexibility index (Phi) is 4.69. The fourth-order valence-corrected chi connectivity index (χ4v) is 1.93.